The number of rotatable bonds is 3. The molecule has 0 bridgehead atoms. The lowest BCUT2D eigenvalue weighted by molar-refractivity contribution is 0.533. The standard InChI is InChI=1S/C17H20N6/c1-2-12(1)15-5-16(21-11-20-15)22-7-13-9-23(10-14(13)8-22)17-6-18-3-4-19-17/h3-6,11-14H,1-2,7-10H2. The molecule has 2 unspecified atom stereocenters. The van der Waals surface area contributed by atoms with Crippen LogP contribution in [0.5, 0.6) is 0 Å². The Morgan fingerprint density at radius 1 is 0.826 bits per heavy atom. The van der Waals surface area contributed by atoms with Crippen LogP contribution in [0.3, 0.4) is 0 Å². The number of hydrogen-bond donors (Lipinski definition) is 0. The molecular formula is C17H20N6. The van der Waals surface area contributed by atoms with Crippen LogP contribution in [0.1, 0.15) is 24.5 Å². The fourth-order valence-electron chi connectivity index (χ4n) is 3.96. The molecule has 0 N–H and O–H groups in total. The minimum atomic E-state index is 0.686. The summed E-state index contributed by atoms with van der Waals surface area (Å²) >= 11 is 0. The quantitative estimate of drug-likeness (QED) is 0.860. The van der Waals surface area contributed by atoms with Gasteiger partial charge in [-0.3, -0.25) is 4.98 Å². The minimum Gasteiger partial charge on any atom is -0.356 e. The molecule has 3 aliphatic rings. The predicted octanol–water partition coefficient (Wildman–Crippen LogP) is 1.72. The van der Waals surface area contributed by atoms with Gasteiger partial charge in [-0.1, -0.05) is 0 Å². The van der Waals surface area contributed by atoms with Crippen molar-refractivity contribution in [1.29, 1.82) is 0 Å². The lowest BCUT2D eigenvalue weighted by atomic mass is 10.0. The second-order valence-electron chi connectivity index (χ2n) is 6.97. The van der Waals surface area contributed by atoms with Crippen LogP contribution in [-0.2, 0) is 0 Å². The molecular weight excluding hydrogens is 288 g/mol. The number of nitrogens with zero attached hydrogens (tertiary/aromatic N) is 6. The van der Waals surface area contributed by atoms with Crippen molar-refractivity contribution in [2.45, 2.75) is 18.8 Å². The van der Waals surface area contributed by atoms with Gasteiger partial charge in [-0.15, -0.1) is 0 Å². The molecule has 4 heterocycles. The van der Waals surface area contributed by atoms with E-state index in [4.69, 9.17) is 0 Å². The summed E-state index contributed by atoms with van der Waals surface area (Å²) in [6, 6.07) is 2.21. The maximum atomic E-state index is 4.51. The minimum absolute atomic E-state index is 0.686. The van der Waals surface area contributed by atoms with Crippen LogP contribution >= 0.6 is 0 Å². The van der Waals surface area contributed by atoms with Crippen LogP contribution in [0.4, 0.5) is 11.6 Å². The SMILES string of the molecule is c1cnc(N2CC3CN(c4cc(C5CC5)ncn4)CC3C2)cn1. The van der Waals surface area contributed by atoms with Gasteiger partial charge in [0.2, 0.25) is 0 Å². The van der Waals surface area contributed by atoms with Gasteiger partial charge in [0.25, 0.3) is 0 Å². The third-order valence-corrected chi connectivity index (χ3v) is 5.35. The number of fused-ring (bicyclic) bond motifs is 1. The molecule has 23 heavy (non-hydrogen) atoms. The second-order valence-corrected chi connectivity index (χ2v) is 6.97. The Bertz CT molecular complexity index is 687. The highest BCUT2D eigenvalue weighted by molar-refractivity contribution is 5.45. The third-order valence-electron chi connectivity index (χ3n) is 5.35. The van der Waals surface area contributed by atoms with E-state index in [2.05, 4.69) is 35.8 Å². The molecule has 2 aliphatic heterocycles. The van der Waals surface area contributed by atoms with E-state index < -0.39 is 0 Å². The van der Waals surface area contributed by atoms with Crippen molar-refractivity contribution in [1.82, 2.24) is 19.9 Å². The van der Waals surface area contributed by atoms with Crippen molar-refractivity contribution < 1.29 is 0 Å². The summed E-state index contributed by atoms with van der Waals surface area (Å²) in [5.74, 6) is 4.19. The Hall–Kier alpha value is -2.24. The zero-order valence-corrected chi connectivity index (χ0v) is 13.0. The fraction of sp³-hybridized carbons (Fsp3) is 0.529. The molecule has 0 radical (unpaired) electrons. The highest BCUT2D eigenvalue weighted by Crippen LogP contribution is 2.40. The molecule has 6 nitrogen and oxygen atoms in total. The van der Waals surface area contributed by atoms with E-state index in [1.54, 1.807) is 18.7 Å². The zero-order valence-electron chi connectivity index (χ0n) is 13.0. The van der Waals surface area contributed by atoms with Gasteiger partial charge in [0, 0.05) is 68.1 Å². The smallest absolute Gasteiger partial charge is 0.147 e. The van der Waals surface area contributed by atoms with Crippen molar-refractivity contribution in [3.63, 3.8) is 0 Å². The number of anilines is 2. The average Bonchev–Trinajstić information content (AvgIpc) is 3.26. The zero-order chi connectivity index (χ0) is 15.2. The van der Waals surface area contributed by atoms with Crippen LogP contribution in [-0.4, -0.2) is 46.1 Å². The summed E-state index contributed by atoms with van der Waals surface area (Å²) in [7, 11) is 0. The average molecular weight is 308 g/mol. The number of aromatic nitrogens is 4. The Kier molecular flexibility index (Phi) is 2.96. The van der Waals surface area contributed by atoms with Crippen LogP contribution in [0, 0.1) is 11.8 Å². The summed E-state index contributed by atoms with van der Waals surface area (Å²) in [4.78, 5) is 22.4. The molecule has 6 heteroatoms. The summed E-state index contributed by atoms with van der Waals surface area (Å²) in [6.07, 6.45) is 9.68. The van der Waals surface area contributed by atoms with E-state index in [0.717, 1.165) is 37.8 Å². The third kappa shape index (κ3) is 2.42. The van der Waals surface area contributed by atoms with Crippen molar-refractivity contribution in [3.05, 3.63) is 36.7 Å². The van der Waals surface area contributed by atoms with Crippen molar-refractivity contribution >= 4 is 11.6 Å². The van der Waals surface area contributed by atoms with Gasteiger partial charge in [-0.25, -0.2) is 15.0 Å². The molecule has 118 valence electrons. The summed E-state index contributed by atoms with van der Waals surface area (Å²) in [5, 5.41) is 0. The molecule has 0 aromatic carbocycles. The summed E-state index contributed by atoms with van der Waals surface area (Å²) < 4.78 is 0. The van der Waals surface area contributed by atoms with Gasteiger partial charge in [0.05, 0.1) is 6.20 Å². The lowest BCUT2D eigenvalue weighted by Gasteiger charge is -2.23. The summed E-state index contributed by atoms with van der Waals surface area (Å²) in [5.41, 5.74) is 1.23. The first-order valence-electron chi connectivity index (χ1n) is 8.44. The molecule has 1 aliphatic carbocycles. The van der Waals surface area contributed by atoms with Gasteiger partial charge in [0.15, 0.2) is 0 Å². The Morgan fingerprint density at radius 2 is 1.57 bits per heavy atom. The van der Waals surface area contributed by atoms with E-state index in [-0.39, 0.29) is 0 Å². The van der Waals surface area contributed by atoms with E-state index in [0.29, 0.717) is 17.8 Å². The predicted molar refractivity (Wildman–Crippen MR) is 87.4 cm³/mol. The molecule has 2 aromatic heterocycles. The first-order chi connectivity index (χ1) is 11.4. The Morgan fingerprint density at radius 3 is 2.22 bits per heavy atom. The lowest BCUT2D eigenvalue weighted by Crippen LogP contribution is -2.29. The fourth-order valence-corrected chi connectivity index (χ4v) is 3.96. The van der Waals surface area contributed by atoms with Crippen molar-refractivity contribution in [2.24, 2.45) is 11.8 Å². The van der Waals surface area contributed by atoms with Gasteiger partial charge >= 0.3 is 0 Å². The monoisotopic (exact) mass is 308 g/mol. The van der Waals surface area contributed by atoms with Gasteiger partial charge < -0.3 is 9.80 Å². The van der Waals surface area contributed by atoms with E-state index in [9.17, 15) is 0 Å². The Labute approximate surface area is 135 Å². The van der Waals surface area contributed by atoms with Crippen LogP contribution in [0.15, 0.2) is 31.0 Å². The van der Waals surface area contributed by atoms with Crippen LogP contribution in [0.2, 0.25) is 0 Å². The van der Waals surface area contributed by atoms with Crippen molar-refractivity contribution in [3.8, 4) is 0 Å². The largest absolute Gasteiger partial charge is 0.356 e. The summed E-state index contributed by atoms with van der Waals surface area (Å²) in [6.45, 7) is 4.31. The first kappa shape index (κ1) is 13.2. The molecule has 0 amide bonds. The molecule has 1 saturated carbocycles. The molecule has 2 saturated heterocycles. The van der Waals surface area contributed by atoms with E-state index in [1.165, 1.54) is 18.5 Å². The van der Waals surface area contributed by atoms with Crippen molar-refractivity contribution in [2.75, 3.05) is 36.0 Å². The maximum Gasteiger partial charge on any atom is 0.147 e. The normalized spacial score (nSPS) is 26.6. The molecule has 0 spiro atoms. The topological polar surface area (TPSA) is 58.0 Å². The molecule has 5 rings (SSSR count). The second kappa shape index (κ2) is 5.15. The van der Waals surface area contributed by atoms with Gasteiger partial charge in [-0.05, 0) is 12.8 Å². The number of hydrogen-bond acceptors (Lipinski definition) is 6. The van der Waals surface area contributed by atoms with Gasteiger partial charge in [0.1, 0.15) is 18.0 Å². The van der Waals surface area contributed by atoms with E-state index >= 15 is 0 Å². The first-order valence-corrected chi connectivity index (χ1v) is 8.44. The molecule has 3 fully saturated rings. The highest BCUT2D eigenvalue weighted by Gasteiger charge is 2.41. The highest BCUT2D eigenvalue weighted by atomic mass is 15.3. The molecule has 2 atom stereocenters. The Balaban J connectivity index is 1.29. The van der Waals surface area contributed by atoms with E-state index in [1.807, 2.05) is 6.20 Å². The van der Waals surface area contributed by atoms with Gasteiger partial charge in [-0.2, -0.15) is 0 Å². The van der Waals surface area contributed by atoms with Crippen LogP contribution < -0.4 is 9.80 Å². The maximum absolute atomic E-state index is 4.51. The molecule has 2 aromatic rings. The van der Waals surface area contributed by atoms with Crippen LogP contribution in [0.25, 0.3) is 0 Å².